The van der Waals surface area contributed by atoms with Crippen molar-refractivity contribution in [2.75, 3.05) is 20.3 Å². The van der Waals surface area contributed by atoms with Crippen molar-refractivity contribution in [3.05, 3.63) is 48.6 Å². The van der Waals surface area contributed by atoms with Gasteiger partial charge in [0, 0.05) is 12.2 Å². The molecule has 0 aliphatic rings. The normalized spacial score (nSPS) is 10.2. The highest BCUT2D eigenvalue weighted by Crippen LogP contribution is 2.13. The molecular weight excluding hydrogens is 284 g/mol. The number of methoxy groups -OCH3 is 1. The Morgan fingerprint density at radius 3 is 2.41 bits per heavy atom. The molecule has 0 aliphatic carbocycles. The molecule has 0 heterocycles. The van der Waals surface area contributed by atoms with E-state index in [0.29, 0.717) is 13.2 Å². The van der Waals surface area contributed by atoms with Crippen molar-refractivity contribution in [2.24, 2.45) is 0 Å². The second-order valence-electron chi connectivity index (χ2n) is 4.35. The zero-order chi connectivity index (χ0) is 16.2. The van der Waals surface area contributed by atoms with Crippen LogP contribution in [-0.4, -0.2) is 32.3 Å². The summed E-state index contributed by atoms with van der Waals surface area (Å²) in [4.78, 5) is 21.8. The lowest BCUT2D eigenvalue weighted by Crippen LogP contribution is -2.04. The summed E-state index contributed by atoms with van der Waals surface area (Å²) in [7, 11) is 1.34. The fourth-order valence-electron chi connectivity index (χ4n) is 1.53. The van der Waals surface area contributed by atoms with E-state index in [1.807, 2.05) is 24.3 Å². The van der Waals surface area contributed by atoms with Gasteiger partial charge in [-0.2, -0.15) is 0 Å². The minimum absolute atomic E-state index is 0.367. The van der Waals surface area contributed by atoms with Gasteiger partial charge in [-0.05, 0) is 36.6 Å². The fraction of sp³-hybridized carbons (Fsp3) is 0.294. The van der Waals surface area contributed by atoms with Crippen LogP contribution >= 0.6 is 0 Å². The predicted molar refractivity (Wildman–Crippen MR) is 83.4 cm³/mol. The Labute approximate surface area is 130 Å². The van der Waals surface area contributed by atoms with Crippen LogP contribution in [0.25, 0.3) is 6.08 Å². The number of carbonyl (C=O) groups is 2. The molecule has 0 saturated carbocycles. The minimum Gasteiger partial charge on any atom is -0.494 e. The van der Waals surface area contributed by atoms with Crippen LogP contribution in [0.15, 0.2) is 43.0 Å². The molecule has 0 fully saturated rings. The summed E-state index contributed by atoms with van der Waals surface area (Å²) in [6.45, 7) is 4.23. The monoisotopic (exact) mass is 304 g/mol. The molecule has 0 aromatic heterocycles. The molecule has 0 radical (unpaired) electrons. The van der Waals surface area contributed by atoms with E-state index in [-0.39, 0.29) is 0 Å². The number of rotatable bonds is 9. The first kappa shape index (κ1) is 17.5. The molecule has 5 nitrogen and oxygen atoms in total. The molecule has 0 saturated heterocycles. The Morgan fingerprint density at radius 2 is 1.77 bits per heavy atom. The van der Waals surface area contributed by atoms with Crippen molar-refractivity contribution in [3.63, 3.8) is 0 Å². The van der Waals surface area contributed by atoms with Crippen LogP contribution in [0.4, 0.5) is 0 Å². The number of hydrogen-bond donors (Lipinski definition) is 0. The van der Waals surface area contributed by atoms with Crippen molar-refractivity contribution >= 4 is 18.0 Å². The summed E-state index contributed by atoms with van der Waals surface area (Å²) in [6.07, 6.45) is 5.70. The van der Waals surface area contributed by atoms with Crippen LogP contribution in [0.5, 0.6) is 5.75 Å². The van der Waals surface area contributed by atoms with Crippen LogP contribution in [0.1, 0.15) is 18.4 Å². The lowest BCUT2D eigenvalue weighted by Gasteiger charge is -2.06. The van der Waals surface area contributed by atoms with Crippen molar-refractivity contribution in [2.45, 2.75) is 12.8 Å². The Morgan fingerprint density at radius 1 is 1.09 bits per heavy atom. The largest absolute Gasteiger partial charge is 0.494 e. The SMILES string of the molecule is C=CC(=O)OCCCCOc1ccc(C=CC(=O)OC)cc1. The van der Waals surface area contributed by atoms with Gasteiger partial charge < -0.3 is 14.2 Å². The van der Waals surface area contributed by atoms with Crippen molar-refractivity contribution in [1.29, 1.82) is 0 Å². The third kappa shape index (κ3) is 7.28. The zero-order valence-corrected chi connectivity index (χ0v) is 12.6. The molecular formula is C17H20O5. The van der Waals surface area contributed by atoms with E-state index in [1.54, 1.807) is 6.08 Å². The Balaban J connectivity index is 2.24. The molecule has 1 rings (SSSR count). The topological polar surface area (TPSA) is 61.8 Å². The number of ether oxygens (including phenoxy) is 3. The highest BCUT2D eigenvalue weighted by molar-refractivity contribution is 5.86. The third-order valence-corrected chi connectivity index (χ3v) is 2.71. The molecule has 0 N–H and O–H groups in total. The van der Waals surface area contributed by atoms with E-state index >= 15 is 0 Å². The number of unbranched alkanes of at least 4 members (excludes halogenated alkanes) is 1. The highest BCUT2D eigenvalue weighted by atomic mass is 16.5. The number of benzene rings is 1. The average molecular weight is 304 g/mol. The Kier molecular flexibility index (Phi) is 8.12. The summed E-state index contributed by atoms with van der Waals surface area (Å²) in [5, 5.41) is 0. The van der Waals surface area contributed by atoms with Crippen LogP contribution in [0.3, 0.4) is 0 Å². The van der Waals surface area contributed by atoms with Crippen molar-refractivity contribution in [3.8, 4) is 5.75 Å². The Bertz CT molecular complexity index is 516. The summed E-state index contributed by atoms with van der Waals surface area (Å²) in [6, 6.07) is 7.35. The number of hydrogen-bond acceptors (Lipinski definition) is 5. The van der Waals surface area contributed by atoms with E-state index < -0.39 is 11.9 Å². The Hall–Kier alpha value is -2.56. The first-order valence-electron chi connectivity index (χ1n) is 6.94. The summed E-state index contributed by atoms with van der Waals surface area (Å²) in [5.74, 6) is -0.0488. The number of esters is 2. The fourth-order valence-corrected chi connectivity index (χ4v) is 1.53. The zero-order valence-electron chi connectivity index (χ0n) is 12.6. The molecule has 5 heteroatoms. The van der Waals surface area contributed by atoms with E-state index in [9.17, 15) is 9.59 Å². The smallest absolute Gasteiger partial charge is 0.330 e. The maximum atomic E-state index is 11.0. The van der Waals surface area contributed by atoms with Crippen LogP contribution in [-0.2, 0) is 19.1 Å². The third-order valence-electron chi connectivity index (χ3n) is 2.71. The van der Waals surface area contributed by atoms with Gasteiger partial charge in [0.05, 0.1) is 20.3 Å². The lowest BCUT2D eigenvalue weighted by atomic mass is 10.2. The predicted octanol–water partition coefficient (Wildman–Crippen LogP) is 2.76. The van der Waals surface area contributed by atoms with Gasteiger partial charge in [0.1, 0.15) is 5.75 Å². The lowest BCUT2D eigenvalue weighted by molar-refractivity contribution is -0.138. The van der Waals surface area contributed by atoms with Gasteiger partial charge in [0.15, 0.2) is 0 Å². The molecule has 1 aromatic rings. The van der Waals surface area contributed by atoms with Crippen molar-refractivity contribution < 1.29 is 23.8 Å². The summed E-state index contributed by atoms with van der Waals surface area (Å²) in [5.41, 5.74) is 0.883. The second-order valence-corrected chi connectivity index (χ2v) is 4.35. The van der Waals surface area contributed by atoms with Gasteiger partial charge in [0.2, 0.25) is 0 Å². The minimum atomic E-state index is -0.406. The average Bonchev–Trinajstić information content (AvgIpc) is 2.56. The molecule has 0 amide bonds. The maximum absolute atomic E-state index is 11.0. The molecule has 0 unspecified atom stereocenters. The first-order valence-corrected chi connectivity index (χ1v) is 6.94. The van der Waals surface area contributed by atoms with E-state index in [2.05, 4.69) is 11.3 Å². The van der Waals surface area contributed by atoms with Gasteiger partial charge in [-0.3, -0.25) is 0 Å². The number of carbonyl (C=O) groups excluding carboxylic acids is 2. The summed E-state index contributed by atoms with van der Waals surface area (Å²) < 4.78 is 14.9. The second kappa shape index (κ2) is 10.2. The molecule has 0 aliphatic heterocycles. The standard InChI is InChI=1S/C17H20O5/c1-3-16(18)22-13-5-4-12-21-15-9-6-14(7-10-15)8-11-17(19)20-2/h3,6-11H,1,4-5,12-13H2,2H3. The van der Waals surface area contributed by atoms with Crippen molar-refractivity contribution in [1.82, 2.24) is 0 Å². The van der Waals surface area contributed by atoms with E-state index in [1.165, 1.54) is 13.2 Å². The van der Waals surface area contributed by atoms with Crippen LogP contribution in [0.2, 0.25) is 0 Å². The van der Waals surface area contributed by atoms with Crippen LogP contribution < -0.4 is 4.74 Å². The first-order chi connectivity index (χ1) is 10.7. The maximum Gasteiger partial charge on any atom is 0.330 e. The van der Waals surface area contributed by atoms with E-state index in [4.69, 9.17) is 9.47 Å². The summed E-state index contributed by atoms with van der Waals surface area (Å²) >= 11 is 0. The molecule has 22 heavy (non-hydrogen) atoms. The molecule has 1 aromatic carbocycles. The highest BCUT2D eigenvalue weighted by Gasteiger charge is 1.97. The van der Waals surface area contributed by atoms with Gasteiger partial charge >= 0.3 is 11.9 Å². The molecule has 118 valence electrons. The van der Waals surface area contributed by atoms with Crippen LogP contribution in [0, 0.1) is 0 Å². The quantitative estimate of drug-likeness (QED) is 0.399. The van der Waals surface area contributed by atoms with Gasteiger partial charge in [-0.1, -0.05) is 18.7 Å². The molecule has 0 bridgehead atoms. The molecule has 0 spiro atoms. The van der Waals surface area contributed by atoms with Gasteiger partial charge in [-0.25, -0.2) is 9.59 Å². The van der Waals surface area contributed by atoms with Gasteiger partial charge in [0.25, 0.3) is 0 Å². The molecule has 0 atom stereocenters. The van der Waals surface area contributed by atoms with E-state index in [0.717, 1.165) is 30.2 Å². The van der Waals surface area contributed by atoms with Gasteiger partial charge in [-0.15, -0.1) is 0 Å².